The largest absolute Gasteiger partial charge is 0.368 e. The zero-order valence-electron chi connectivity index (χ0n) is 9.70. The molecule has 2 heterocycles. The predicted octanol–water partition coefficient (Wildman–Crippen LogP) is 1.08. The van der Waals surface area contributed by atoms with Crippen LogP contribution in [0.15, 0.2) is 10.5 Å². The molecule has 4 nitrogen and oxygen atoms in total. The Labute approximate surface area is 113 Å². The van der Waals surface area contributed by atoms with Crippen molar-refractivity contribution >= 4 is 33.2 Å². The number of hydrogen-bond donors (Lipinski definition) is 2. The van der Waals surface area contributed by atoms with Crippen LogP contribution in [0, 0.1) is 6.92 Å². The molecule has 1 aliphatic rings. The molecule has 0 aromatic carbocycles. The number of nitrogens with zero attached hydrogens (tertiary/aromatic N) is 1. The molecule has 3 N–H and O–H groups in total. The fourth-order valence-corrected chi connectivity index (χ4v) is 3.64. The minimum atomic E-state index is -0.246. The first-order valence-electron chi connectivity index (χ1n) is 5.57. The first kappa shape index (κ1) is 13.0. The van der Waals surface area contributed by atoms with E-state index in [9.17, 15) is 4.79 Å². The smallest absolute Gasteiger partial charge is 0.236 e. The molecule has 0 saturated carbocycles. The maximum atomic E-state index is 11.4. The number of carbonyl (C=O) groups is 1. The van der Waals surface area contributed by atoms with Crippen LogP contribution in [0.25, 0.3) is 0 Å². The molecule has 17 heavy (non-hydrogen) atoms. The molecular weight excluding hydrogens is 302 g/mol. The average Bonchev–Trinajstić information content (AvgIpc) is 2.58. The lowest BCUT2D eigenvalue weighted by Crippen LogP contribution is -2.56. The van der Waals surface area contributed by atoms with Crippen LogP contribution < -0.4 is 11.1 Å². The minimum absolute atomic E-state index is 0.190. The van der Waals surface area contributed by atoms with Gasteiger partial charge in [-0.3, -0.25) is 9.69 Å². The third kappa shape index (κ3) is 3.07. The van der Waals surface area contributed by atoms with Crippen molar-refractivity contribution in [3.05, 3.63) is 20.3 Å². The van der Waals surface area contributed by atoms with Crippen LogP contribution >= 0.6 is 27.3 Å². The molecule has 2 rings (SSSR count). The summed E-state index contributed by atoms with van der Waals surface area (Å²) in [6.45, 7) is 5.31. The highest BCUT2D eigenvalue weighted by Crippen LogP contribution is 2.27. The number of primary amides is 1. The lowest BCUT2D eigenvalue weighted by Gasteiger charge is -2.33. The van der Waals surface area contributed by atoms with Gasteiger partial charge >= 0.3 is 0 Å². The summed E-state index contributed by atoms with van der Waals surface area (Å²) in [7, 11) is 0. The van der Waals surface area contributed by atoms with Gasteiger partial charge in [-0.1, -0.05) is 0 Å². The SMILES string of the molecule is Cc1sc(CN2CCNCC2C(N)=O)cc1Br. The number of nitrogens with two attached hydrogens (primary N) is 1. The summed E-state index contributed by atoms with van der Waals surface area (Å²) in [5.41, 5.74) is 5.42. The van der Waals surface area contributed by atoms with Crippen molar-refractivity contribution in [2.24, 2.45) is 5.73 Å². The molecule has 1 saturated heterocycles. The topological polar surface area (TPSA) is 58.4 Å². The third-order valence-corrected chi connectivity index (χ3v) is 5.07. The van der Waals surface area contributed by atoms with Crippen LogP contribution in [0.1, 0.15) is 9.75 Å². The summed E-state index contributed by atoms with van der Waals surface area (Å²) < 4.78 is 1.14. The van der Waals surface area contributed by atoms with E-state index in [1.54, 1.807) is 11.3 Å². The van der Waals surface area contributed by atoms with E-state index in [-0.39, 0.29) is 11.9 Å². The summed E-state index contributed by atoms with van der Waals surface area (Å²) in [5.74, 6) is -0.246. The van der Waals surface area contributed by atoms with Gasteiger partial charge in [-0.25, -0.2) is 0 Å². The van der Waals surface area contributed by atoms with Gasteiger partial charge in [-0.05, 0) is 28.9 Å². The molecular formula is C11H16BrN3OS. The molecule has 0 spiro atoms. The third-order valence-electron chi connectivity index (χ3n) is 2.95. The monoisotopic (exact) mass is 317 g/mol. The van der Waals surface area contributed by atoms with Crippen LogP contribution in [0.5, 0.6) is 0 Å². The molecule has 1 unspecified atom stereocenters. The Hall–Kier alpha value is -0.430. The summed E-state index contributed by atoms with van der Waals surface area (Å²) in [5, 5.41) is 3.20. The Morgan fingerprint density at radius 3 is 3.12 bits per heavy atom. The number of rotatable bonds is 3. The Morgan fingerprint density at radius 1 is 1.76 bits per heavy atom. The standard InChI is InChI=1S/C11H16BrN3OS/c1-7-9(12)4-8(17-7)6-15-3-2-14-5-10(15)11(13)16/h4,10,14H,2-3,5-6H2,1H3,(H2,13,16). The molecule has 1 aromatic heterocycles. The number of aryl methyl sites for hydroxylation is 1. The second-order valence-electron chi connectivity index (χ2n) is 4.21. The lowest BCUT2D eigenvalue weighted by molar-refractivity contribution is -0.124. The minimum Gasteiger partial charge on any atom is -0.368 e. The lowest BCUT2D eigenvalue weighted by atomic mass is 10.2. The van der Waals surface area contributed by atoms with Gasteiger partial charge in [-0.15, -0.1) is 11.3 Å². The number of nitrogens with one attached hydrogen (secondary N) is 1. The second-order valence-corrected chi connectivity index (χ2v) is 6.40. The Kier molecular flexibility index (Phi) is 4.19. The molecule has 1 atom stereocenters. The van der Waals surface area contributed by atoms with Crippen molar-refractivity contribution in [3.8, 4) is 0 Å². The van der Waals surface area contributed by atoms with Crippen LogP contribution in [0.4, 0.5) is 0 Å². The van der Waals surface area contributed by atoms with Gasteiger partial charge in [0, 0.05) is 40.4 Å². The van der Waals surface area contributed by atoms with Gasteiger partial charge in [0.25, 0.3) is 0 Å². The van der Waals surface area contributed by atoms with E-state index in [2.05, 4.69) is 39.1 Å². The maximum Gasteiger partial charge on any atom is 0.236 e. The van der Waals surface area contributed by atoms with Crippen molar-refractivity contribution in [1.82, 2.24) is 10.2 Å². The quantitative estimate of drug-likeness (QED) is 0.877. The number of hydrogen-bond acceptors (Lipinski definition) is 4. The van der Waals surface area contributed by atoms with Crippen LogP contribution in [-0.4, -0.2) is 36.5 Å². The maximum absolute atomic E-state index is 11.4. The van der Waals surface area contributed by atoms with E-state index in [0.717, 1.165) is 24.1 Å². The Bertz CT molecular complexity index is 401. The molecule has 0 radical (unpaired) electrons. The van der Waals surface area contributed by atoms with Gasteiger partial charge in [-0.2, -0.15) is 0 Å². The molecule has 0 bridgehead atoms. The van der Waals surface area contributed by atoms with E-state index >= 15 is 0 Å². The van der Waals surface area contributed by atoms with Crippen LogP contribution in [-0.2, 0) is 11.3 Å². The van der Waals surface area contributed by atoms with Crippen molar-refractivity contribution in [1.29, 1.82) is 0 Å². The van der Waals surface area contributed by atoms with Crippen molar-refractivity contribution in [3.63, 3.8) is 0 Å². The fourth-order valence-electron chi connectivity index (χ4n) is 2.01. The van der Waals surface area contributed by atoms with Crippen molar-refractivity contribution in [2.45, 2.75) is 19.5 Å². The number of thiophene rings is 1. The van der Waals surface area contributed by atoms with E-state index in [4.69, 9.17) is 5.73 Å². The zero-order valence-corrected chi connectivity index (χ0v) is 12.1. The van der Waals surface area contributed by atoms with Crippen LogP contribution in [0.2, 0.25) is 0 Å². The first-order valence-corrected chi connectivity index (χ1v) is 7.18. The predicted molar refractivity (Wildman–Crippen MR) is 73.0 cm³/mol. The highest BCUT2D eigenvalue weighted by molar-refractivity contribution is 9.10. The normalized spacial score (nSPS) is 21.6. The van der Waals surface area contributed by atoms with Gasteiger partial charge < -0.3 is 11.1 Å². The molecule has 0 aliphatic carbocycles. The van der Waals surface area contributed by atoms with Gasteiger partial charge in [0.15, 0.2) is 0 Å². The molecule has 94 valence electrons. The zero-order chi connectivity index (χ0) is 12.4. The van der Waals surface area contributed by atoms with E-state index < -0.39 is 0 Å². The highest BCUT2D eigenvalue weighted by atomic mass is 79.9. The summed E-state index contributed by atoms with van der Waals surface area (Å²) >= 11 is 5.27. The number of carbonyl (C=O) groups excluding carboxylic acids is 1. The van der Waals surface area contributed by atoms with Gasteiger partial charge in [0.05, 0.1) is 0 Å². The molecule has 1 amide bonds. The molecule has 1 fully saturated rings. The van der Waals surface area contributed by atoms with Gasteiger partial charge in [0.1, 0.15) is 6.04 Å². The number of halogens is 1. The summed E-state index contributed by atoms with van der Waals surface area (Å²) in [6, 6.07) is 1.94. The fraction of sp³-hybridized carbons (Fsp3) is 0.545. The summed E-state index contributed by atoms with van der Waals surface area (Å²) in [4.78, 5) is 16.0. The first-order chi connectivity index (χ1) is 8.08. The Morgan fingerprint density at radius 2 is 2.53 bits per heavy atom. The van der Waals surface area contributed by atoms with Crippen molar-refractivity contribution in [2.75, 3.05) is 19.6 Å². The van der Waals surface area contributed by atoms with Crippen molar-refractivity contribution < 1.29 is 4.79 Å². The molecule has 1 aliphatic heterocycles. The van der Waals surface area contributed by atoms with E-state index in [1.807, 2.05) is 0 Å². The Balaban J connectivity index is 2.07. The molecule has 6 heteroatoms. The highest BCUT2D eigenvalue weighted by Gasteiger charge is 2.27. The van der Waals surface area contributed by atoms with Crippen LogP contribution in [0.3, 0.4) is 0 Å². The van der Waals surface area contributed by atoms with E-state index in [0.29, 0.717) is 6.54 Å². The molecule has 1 aromatic rings. The van der Waals surface area contributed by atoms with Gasteiger partial charge in [0.2, 0.25) is 5.91 Å². The van der Waals surface area contributed by atoms with E-state index in [1.165, 1.54) is 9.75 Å². The summed E-state index contributed by atoms with van der Waals surface area (Å²) in [6.07, 6.45) is 0. The second kappa shape index (κ2) is 5.48. The average molecular weight is 318 g/mol. The number of amides is 1. The number of piperazine rings is 1.